The van der Waals surface area contributed by atoms with Crippen LogP contribution in [0.2, 0.25) is 0 Å². The van der Waals surface area contributed by atoms with Crippen molar-refractivity contribution in [3.8, 4) is 0 Å². The quantitative estimate of drug-likeness (QED) is 0.843. The number of imidazole rings is 1. The maximum absolute atomic E-state index is 11.1. The van der Waals surface area contributed by atoms with Gasteiger partial charge in [0.25, 0.3) is 0 Å². The number of carboxylic acids is 1. The normalized spacial score (nSPS) is 12.8. The first-order valence-corrected chi connectivity index (χ1v) is 5.90. The number of aromatic carboxylic acids is 1. The smallest absolute Gasteiger partial charge is 0.337 e. The Hall–Kier alpha value is -1.92. The lowest BCUT2D eigenvalue weighted by molar-refractivity contribution is 0.0540. The summed E-state index contributed by atoms with van der Waals surface area (Å²) in [5.74, 6) is -0.341. The molecule has 2 aromatic rings. The minimum atomic E-state index is -1.01. The van der Waals surface area contributed by atoms with Crippen LogP contribution in [0.25, 0.3) is 11.0 Å². The summed E-state index contributed by atoms with van der Waals surface area (Å²) in [5, 5.41) is 18.9. The molecule has 0 amide bonds. The second-order valence-corrected chi connectivity index (χ2v) is 4.36. The molecule has 2 N–H and O–H groups in total. The van der Waals surface area contributed by atoms with E-state index >= 15 is 0 Å². The predicted octanol–water partition coefficient (Wildman–Crippen LogP) is 1.05. The standard InChI is InChI=1S/C13H16N2O4/c1-8-14-12-10(13(17)18)4-3-5-11(12)15(8)6-9(16)7-19-2/h3-5,9,16H,6-7H2,1-2H3,(H,17,18). The summed E-state index contributed by atoms with van der Waals surface area (Å²) in [4.78, 5) is 15.4. The summed E-state index contributed by atoms with van der Waals surface area (Å²) in [6.45, 7) is 2.32. The molecule has 19 heavy (non-hydrogen) atoms. The van der Waals surface area contributed by atoms with Gasteiger partial charge in [-0.3, -0.25) is 0 Å². The van der Waals surface area contributed by atoms with E-state index in [-0.39, 0.29) is 12.2 Å². The number of rotatable bonds is 5. The molecule has 1 aromatic heterocycles. The van der Waals surface area contributed by atoms with Gasteiger partial charge in [0.2, 0.25) is 0 Å². The molecule has 2 rings (SSSR count). The number of nitrogens with zero attached hydrogens (tertiary/aromatic N) is 2. The van der Waals surface area contributed by atoms with Crippen LogP contribution in [0, 0.1) is 6.92 Å². The van der Waals surface area contributed by atoms with Gasteiger partial charge in [-0.2, -0.15) is 0 Å². The molecule has 1 aromatic carbocycles. The number of fused-ring (bicyclic) bond motifs is 1. The lowest BCUT2D eigenvalue weighted by Gasteiger charge is -2.12. The van der Waals surface area contributed by atoms with Gasteiger partial charge in [0.1, 0.15) is 11.3 Å². The summed E-state index contributed by atoms with van der Waals surface area (Å²) < 4.78 is 6.69. The molecule has 0 fully saturated rings. The Morgan fingerprint density at radius 1 is 1.53 bits per heavy atom. The van der Waals surface area contributed by atoms with E-state index in [2.05, 4.69) is 4.98 Å². The van der Waals surface area contributed by atoms with Crippen LogP contribution in [-0.2, 0) is 11.3 Å². The Labute approximate surface area is 110 Å². The molecule has 0 aliphatic carbocycles. The van der Waals surface area contributed by atoms with Gasteiger partial charge in [0.15, 0.2) is 0 Å². The Morgan fingerprint density at radius 2 is 2.26 bits per heavy atom. The fourth-order valence-corrected chi connectivity index (χ4v) is 2.12. The van der Waals surface area contributed by atoms with Gasteiger partial charge in [-0.25, -0.2) is 9.78 Å². The molecule has 6 heteroatoms. The van der Waals surface area contributed by atoms with Crippen molar-refractivity contribution in [2.45, 2.75) is 19.6 Å². The topological polar surface area (TPSA) is 84.6 Å². The second kappa shape index (κ2) is 5.38. The molecule has 0 aliphatic rings. The zero-order valence-corrected chi connectivity index (χ0v) is 10.8. The molecule has 1 heterocycles. The zero-order valence-electron chi connectivity index (χ0n) is 10.8. The van der Waals surface area contributed by atoms with E-state index in [1.165, 1.54) is 13.2 Å². The number of carbonyl (C=O) groups is 1. The van der Waals surface area contributed by atoms with Crippen molar-refractivity contribution in [2.75, 3.05) is 13.7 Å². The maximum Gasteiger partial charge on any atom is 0.337 e. The third-order valence-electron chi connectivity index (χ3n) is 2.95. The lowest BCUT2D eigenvalue weighted by Crippen LogP contribution is -2.21. The Morgan fingerprint density at radius 3 is 2.89 bits per heavy atom. The SMILES string of the molecule is COCC(O)Cn1c(C)nc2c(C(=O)O)cccc21. The van der Waals surface area contributed by atoms with E-state index < -0.39 is 12.1 Å². The van der Waals surface area contributed by atoms with Crippen molar-refractivity contribution in [2.24, 2.45) is 0 Å². The van der Waals surface area contributed by atoms with Gasteiger partial charge in [-0.05, 0) is 19.1 Å². The van der Waals surface area contributed by atoms with Crippen LogP contribution in [0.3, 0.4) is 0 Å². The lowest BCUT2D eigenvalue weighted by atomic mass is 10.2. The summed E-state index contributed by atoms with van der Waals surface area (Å²) >= 11 is 0. The van der Waals surface area contributed by atoms with Crippen molar-refractivity contribution in [1.82, 2.24) is 9.55 Å². The Bertz CT molecular complexity index is 606. The first kappa shape index (κ1) is 13.5. The highest BCUT2D eigenvalue weighted by Crippen LogP contribution is 2.20. The van der Waals surface area contributed by atoms with Gasteiger partial charge in [0, 0.05) is 7.11 Å². The number of carboxylic acid groups (broad SMARTS) is 1. The van der Waals surface area contributed by atoms with Crippen LogP contribution in [0.15, 0.2) is 18.2 Å². The molecule has 0 bridgehead atoms. The van der Waals surface area contributed by atoms with Gasteiger partial charge >= 0.3 is 5.97 Å². The number of para-hydroxylation sites is 1. The van der Waals surface area contributed by atoms with Crippen LogP contribution in [0.5, 0.6) is 0 Å². The largest absolute Gasteiger partial charge is 0.478 e. The fraction of sp³-hybridized carbons (Fsp3) is 0.385. The molecule has 6 nitrogen and oxygen atoms in total. The van der Waals surface area contributed by atoms with Crippen molar-refractivity contribution in [1.29, 1.82) is 0 Å². The molecule has 0 spiro atoms. The number of aliphatic hydroxyl groups excluding tert-OH is 1. The van der Waals surface area contributed by atoms with E-state index in [1.54, 1.807) is 23.6 Å². The minimum absolute atomic E-state index is 0.167. The monoisotopic (exact) mass is 264 g/mol. The summed E-state index contributed by atoms with van der Waals surface area (Å²) in [5.41, 5.74) is 1.31. The van der Waals surface area contributed by atoms with Crippen LogP contribution >= 0.6 is 0 Å². The number of aryl methyl sites for hydroxylation is 1. The minimum Gasteiger partial charge on any atom is -0.478 e. The molecule has 0 saturated heterocycles. The zero-order chi connectivity index (χ0) is 14.0. The Kier molecular flexibility index (Phi) is 3.82. The van der Waals surface area contributed by atoms with Crippen molar-refractivity contribution >= 4 is 17.0 Å². The van der Waals surface area contributed by atoms with Crippen LogP contribution in [-0.4, -0.2) is 45.6 Å². The van der Waals surface area contributed by atoms with E-state index in [0.29, 0.717) is 23.4 Å². The van der Waals surface area contributed by atoms with Crippen LogP contribution < -0.4 is 0 Å². The van der Waals surface area contributed by atoms with E-state index in [1.807, 2.05) is 0 Å². The van der Waals surface area contributed by atoms with Gasteiger partial charge in [-0.15, -0.1) is 0 Å². The predicted molar refractivity (Wildman–Crippen MR) is 69.3 cm³/mol. The van der Waals surface area contributed by atoms with E-state index in [0.717, 1.165) is 0 Å². The molecule has 0 radical (unpaired) electrons. The summed E-state index contributed by atoms with van der Waals surface area (Å²) in [6.07, 6.45) is -0.658. The summed E-state index contributed by atoms with van der Waals surface area (Å²) in [6, 6.07) is 4.99. The third kappa shape index (κ3) is 2.59. The average molecular weight is 264 g/mol. The highest BCUT2D eigenvalue weighted by molar-refractivity contribution is 6.01. The average Bonchev–Trinajstić information content (AvgIpc) is 2.66. The number of ether oxygens (including phenoxy) is 1. The fourth-order valence-electron chi connectivity index (χ4n) is 2.12. The molecular weight excluding hydrogens is 248 g/mol. The third-order valence-corrected chi connectivity index (χ3v) is 2.95. The highest BCUT2D eigenvalue weighted by Gasteiger charge is 2.16. The van der Waals surface area contributed by atoms with Gasteiger partial charge in [0.05, 0.1) is 30.3 Å². The second-order valence-electron chi connectivity index (χ2n) is 4.36. The molecule has 0 aliphatic heterocycles. The molecular formula is C13H16N2O4. The first-order chi connectivity index (χ1) is 9.04. The van der Waals surface area contributed by atoms with E-state index in [9.17, 15) is 9.90 Å². The number of hydrogen-bond acceptors (Lipinski definition) is 4. The number of methoxy groups -OCH3 is 1. The number of aromatic nitrogens is 2. The Balaban J connectivity index is 2.48. The maximum atomic E-state index is 11.1. The van der Waals surface area contributed by atoms with Crippen LogP contribution in [0.1, 0.15) is 16.2 Å². The summed E-state index contributed by atoms with van der Waals surface area (Å²) in [7, 11) is 1.52. The molecule has 1 atom stereocenters. The van der Waals surface area contributed by atoms with Gasteiger partial charge in [-0.1, -0.05) is 6.07 Å². The van der Waals surface area contributed by atoms with Crippen LogP contribution in [0.4, 0.5) is 0 Å². The first-order valence-electron chi connectivity index (χ1n) is 5.90. The van der Waals surface area contributed by atoms with Crippen molar-refractivity contribution in [3.63, 3.8) is 0 Å². The van der Waals surface area contributed by atoms with E-state index in [4.69, 9.17) is 9.84 Å². The molecule has 0 saturated carbocycles. The number of hydrogen-bond donors (Lipinski definition) is 2. The molecule has 1 unspecified atom stereocenters. The highest BCUT2D eigenvalue weighted by atomic mass is 16.5. The number of aliphatic hydroxyl groups is 1. The van der Waals surface area contributed by atoms with Gasteiger partial charge < -0.3 is 19.5 Å². The number of benzene rings is 1. The van der Waals surface area contributed by atoms with Crippen molar-refractivity contribution < 1.29 is 19.7 Å². The van der Waals surface area contributed by atoms with Crippen molar-refractivity contribution in [3.05, 3.63) is 29.6 Å². The molecule has 102 valence electrons.